The van der Waals surface area contributed by atoms with Crippen molar-refractivity contribution in [2.24, 2.45) is 11.8 Å². The van der Waals surface area contributed by atoms with E-state index in [-0.39, 0.29) is 17.2 Å². The fraction of sp³-hybridized carbons (Fsp3) is 0.571. The van der Waals surface area contributed by atoms with Crippen molar-refractivity contribution < 1.29 is 17.9 Å². The molecule has 0 N–H and O–H groups in total. The normalized spacial score (nSPS) is 23.0. The van der Waals surface area contributed by atoms with Gasteiger partial charge < -0.3 is 4.74 Å². The molecule has 32 heavy (non-hydrogen) atoms. The zero-order chi connectivity index (χ0) is 22.5. The lowest BCUT2D eigenvalue weighted by Crippen LogP contribution is -2.14. The second-order valence-electron chi connectivity index (χ2n) is 9.67. The monoisotopic (exact) mass is 444 g/mol. The summed E-state index contributed by atoms with van der Waals surface area (Å²) in [6, 6.07) is 10.9. The molecule has 0 amide bonds. The van der Waals surface area contributed by atoms with Crippen molar-refractivity contribution in [3.63, 3.8) is 0 Å². The number of rotatable bonds is 10. The van der Waals surface area contributed by atoms with Gasteiger partial charge in [0.2, 0.25) is 0 Å². The molecule has 0 radical (unpaired) electrons. The van der Waals surface area contributed by atoms with Gasteiger partial charge in [0.25, 0.3) is 6.43 Å². The van der Waals surface area contributed by atoms with Crippen molar-refractivity contribution in [1.82, 2.24) is 0 Å². The first-order chi connectivity index (χ1) is 15.6. The molecule has 1 atom stereocenters. The summed E-state index contributed by atoms with van der Waals surface area (Å²) in [5, 5.41) is 0. The first kappa shape index (κ1) is 23.4. The van der Waals surface area contributed by atoms with E-state index in [4.69, 9.17) is 4.74 Å². The standard InChI is InChI=1S/C28H35F3O/c1-2-5-19-8-10-20(11-9-19)6-3-4-7-21-12-14-22(15-13-21)23-16-17-24(25-18-32-25)27(29)26(23)28(30)31/h12-17,19-20,25,28H,2-11,18H2,1H3. The third-order valence-electron chi connectivity index (χ3n) is 7.36. The molecule has 1 saturated carbocycles. The summed E-state index contributed by atoms with van der Waals surface area (Å²) >= 11 is 0. The first-order valence-corrected chi connectivity index (χ1v) is 12.4. The number of unbranched alkanes of at least 4 members (excludes halogenated alkanes) is 1. The lowest BCUT2D eigenvalue weighted by molar-refractivity contribution is 0.146. The second kappa shape index (κ2) is 10.9. The Morgan fingerprint density at radius 1 is 0.906 bits per heavy atom. The molecule has 2 aromatic rings. The highest BCUT2D eigenvalue weighted by Crippen LogP contribution is 2.40. The summed E-state index contributed by atoms with van der Waals surface area (Å²) in [7, 11) is 0. The van der Waals surface area contributed by atoms with Gasteiger partial charge in [0, 0.05) is 5.56 Å². The molecule has 0 bridgehead atoms. The van der Waals surface area contributed by atoms with Crippen LogP contribution in [0.2, 0.25) is 0 Å². The Morgan fingerprint density at radius 3 is 2.16 bits per heavy atom. The number of aryl methyl sites for hydroxylation is 1. The molecule has 174 valence electrons. The van der Waals surface area contributed by atoms with Crippen LogP contribution >= 0.6 is 0 Å². The summed E-state index contributed by atoms with van der Waals surface area (Å²) in [6.45, 7) is 2.68. The first-order valence-electron chi connectivity index (χ1n) is 12.4. The number of epoxide rings is 1. The second-order valence-corrected chi connectivity index (χ2v) is 9.67. The average molecular weight is 445 g/mol. The van der Waals surface area contributed by atoms with Crippen LogP contribution in [-0.2, 0) is 11.2 Å². The van der Waals surface area contributed by atoms with Gasteiger partial charge in [-0.05, 0) is 41.4 Å². The maximum Gasteiger partial charge on any atom is 0.267 e. The minimum Gasteiger partial charge on any atom is -0.368 e. The van der Waals surface area contributed by atoms with E-state index in [2.05, 4.69) is 6.92 Å². The summed E-state index contributed by atoms with van der Waals surface area (Å²) in [4.78, 5) is 0. The molecule has 0 aromatic heterocycles. The third-order valence-corrected chi connectivity index (χ3v) is 7.36. The van der Waals surface area contributed by atoms with Gasteiger partial charge in [-0.3, -0.25) is 0 Å². The van der Waals surface area contributed by atoms with E-state index in [1.54, 1.807) is 12.1 Å². The topological polar surface area (TPSA) is 12.5 Å². The predicted octanol–water partition coefficient (Wildman–Crippen LogP) is 8.82. The van der Waals surface area contributed by atoms with Crippen molar-refractivity contribution >= 4 is 0 Å². The Hall–Kier alpha value is -1.81. The van der Waals surface area contributed by atoms with E-state index in [1.165, 1.54) is 56.9 Å². The van der Waals surface area contributed by atoms with Gasteiger partial charge in [-0.2, -0.15) is 0 Å². The van der Waals surface area contributed by atoms with Crippen LogP contribution in [0.3, 0.4) is 0 Å². The molecule has 0 spiro atoms. The van der Waals surface area contributed by atoms with Gasteiger partial charge in [0.1, 0.15) is 11.9 Å². The van der Waals surface area contributed by atoms with Crippen LogP contribution in [0.1, 0.15) is 93.9 Å². The van der Waals surface area contributed by atoms with Crippen LogP contribution in [0.4, 0.5) is 13.2 Å². The highest BCUT2D eigenvalue weighted by Gasteiger charge is 2.32. The van der Waals surface area contributed by atoms with E-state index in [1.807, 2.05) is 24.3 Å². The van der Waals surface area contributed by atoms with Gasteiger partial charge in [0.15, 0.2) is 0 Å². The predicted molar refractivity (Wildman–Crippen MR) is 123 cm³/mol. The number of benzene rings is 2. The molecule has 2 aromatic carbocycles. The molecule has 1 saturated heterocycles. The van der Waals surface area contributed by atoms with Crippen molar-refractivity contribution in [2.45, 2.75) is 83.7 Å². The molecule has 4 rings (SSSR count). The lowest BCUT2D eigenvalue weighted by Gasteiger charge is -2.28. The molecule has 2 aliphatic rings. The molecule has 4 heteroatoms. The van der Waals surface area contributed by atoms with Crippen LogP contribution in [0, 0.1) is 17.7 Å². The van der Waals surface area contributed by atoms with Crippen LogP contribution in [0.15, 0.2) is 36.4 Å². The van der Waals surface area contributed by atoms with Crippen molar-refractivity contribution in [3.8, 4) is 11.1 Å². The highest BCUT2D eigenvalue weighted by molar-refractivity contribution is 5.69. The smallest absolute Gasteiger partial charge is 0.267 e. The van der Waals surface area contributed by atoms with E-state index < -0.39 is 17.8 Å². The highest BCUT2D eigenvalue weighted by atomic mass is 19.3. The summed E-state index contributed by atoms with van der Waals surface area (Å²) < 4.78 is 47.1. The SMILES string of the molecule is CCCC1CCC(CCCCc2ccc(-c3ccc(C4CO4)c(F)c3C(F)F)cc2)CC1. The maximum atomic E-state index is 14.7. The summed E-state index contributed by atoms with van der Waals surface area (Å²) in [6.07, 6.45) is 9.81. The third kappa shape index (κ3) is 5.75. The van der Waals surface area contributed by atoms with Gasteiger partial charge in [-0.15, -0.1) is 0 Å². The van der Waals surface area contributed by atoms with Crippen LogP contribution in [0.5, 0.6) is 0 Å². The molecule has 1 unspecified atom stereocenters. The van der Waals surface area contributed by atoms with Gasteiger partial charge in [-0.25, -0.2) is 13.2 Å². The Labute approximate surface area is 190 Å². The minimum atomic E-state index is -2.86. The van der Waals surface area contributed by atoms with Crippen molar-refractivity contribution in [3.05, 3.63) is 58.9 Å². The van der Waals surface area contributed by atoms with Crippen LogP contribution < -0.4 is 0 Å². The summed E-state index contributed by atoms with van der Waals surface area (Å²) in [5.74, 6) is 1.04. The van der Waals surface area contributed by atoms with E-state index in [0.29, 0.717) is 12.2 Å². The van der Waals surface area contributed by atoms with Crippen molar-refractivity contribution in [2.75, 3.05) is 6.61 Å². The zero-order valence-electron chi connectivity index (χ0n) is 19.1. The number of ether oxygens (including phenoxy) is 1. The number of hydrogen-bond donors (Lipinski definition) is 0. The van der Waals surface area contributed by atoms with Gasteiger partial charge in [0.05, 0.1) is 12.2 Å². The Balaban J connectivity index is 1.30. The molecule has 2 fully saturated rings. The fourth-order valence-corrected chi connectivity index (χ4v) is 5.38. The van der Waals surface area contributed by atoms with Crippen LogP contribution in [0.25, 0.3) is 11.1 Å². The van der Waals surface area contributed by atoms with Crippen molar-refractivity contribution in [1.29, 1.82) is 0 Å². The van der Waals surface area contributed by atoms with E-state index >= 15 is 0 Å². The molecular weight excluding hydrogens is 409 g/mol. The Kier molecular flexibility index (Phi) is 7.93. The van der Waals surface area contributed by atoms with E-state index in [0.717, 1.165) is 24.7 Å². The summed E-state index contributed by atoms with van der Waals surface area (Å²) in [5.41, 5.74) is 1.84. The molecule has 1 heterocycles. The number of hydrogen-bond acceptors (Lipinski definition) is 1. The molecular formula is C28H35F3O. The molecule has 1 nitrogen and oxygen atoms in total. The van der Waals surface area contributed by atoms with E-state index in [9.17, 15) is 13.2 Å². The van der Waals surface area contributed by atoms with Crippen LogP contribution in [-0.4, -0.2) is 6.61 Å². The number of alkyl halides is 2. The largest absolute Gasteiger partial charge is 0.368 e. The molecule has 1 aliphatic heterocycles. The maximum absolute atomic E-state index is 14.7. The minimum absolute atomic E-state index is 0.236. The number of halogens is 3. The fourth-order valence-electron chi connectivity index (χ4n) is 5.38. The zero-order valence-corrected chi connectivity index (χ0v) is 19.1. The Bertz CT molecular complexity index is 865. The lowest BCUT2D eigenvalue weighted by atomic mass is 9.78. The Morgan fingerprint density at radius 2 is 1.56 bits per heavy atom. The van der Waals surface area contributed by atoms with Gasteiger partial charge >= 0.3 is 0 Å². The molecule has 1 aliphatic carbocycles. The van der Waals surface area contributed by atoms with Gasteiger partial charge in [-0.1, -0.05) is 94.7 Å². The quantitative estimate of drug-likeness (QED) is 0.263. The average Bonchev–Trinajstić information content (AvgIpc) is 3.63.